The smallest absolute Gasteiger partial charge is 0.217 e. The summed E-state index contributed by atoms with van der Waals surface area (Å²) in [6.07, 6.45) is -41.7. The number of hydrogen-bond donors (Lipinski definition) is 18. The van der Waals surface area contributed by atoms with Crippen LogP contribution in [0, 0.1) is 0 Å². The molecule has 34 heteroatoms. The third kappa shape index (κ3) is 14.8. The molecule has 0 aromatic heterocycles. The Morgan fingerprint density at radius 3 is 1.15 bits per heavy atom. The SMILES string of the molecule is CO[C@@H]1C(O)[C@H](O)C(C)O[C@H]1OCC1O[C@@H](O)C(NC(C)=O)[C@@H](O)[C@@H]1O[C@@H]1OC(CO)[C@@H](O[C@@H]2OC(CO)[C@@H](O[C@@H]3OC(CO)[C@@H](O[C@@H]4OC(CO)[C@@H](O)[C@H](O)C4N)[C@H](O)C3NC(C)=O)[C@H](O)C2NC(C)=O)[C@H](O)C1NC(C)=O. The highest BCUT2D eigenvalue weighted by molar-refractivity contribution is 5.74. The summed E-state index contributed by atoms with van der Waals surface area (Å²) >= 11 is 0. The molecule has 4 amide bonds. The van der Waals surface area contributed by atoms with Gasteiger partial charge in [-0.15, -0.1) is 0 Å². The van der Waals surface area contributed by atoms with Crippen LogP contribution in [0.15, 0.2) is 0 Å². The maximum Gasteiger partial charge on any atom is 0.217 e. The van der Waals surface area contributed by atoms with Crippen LogP contribution in [0.25, 0.3) is 0 Å². The molecule has 0 aliphatic carbocycles. The van der Waals surface area contributed by atoms with Crippen LogP contribution in [0.1, 0.15) is 34.6 Å². The first kappa shape index (κ1) is 65.0. The molecule has 0 bridgehead atoms. The van der Waals surface area contributed by atoms with Crippen LogP contribution >= 0.6 is 0 Å². The molecule has 79 heavy (non-hydrogen) atoms. The quantitative estimate of drug-likeness (QED) is 0.0538. The van der Waals surface area contributed by atoms with Gasteiger partial charge in [0.25, 0.3) is 0 Å². The molecule has 0 radical (unpaired) electrons. The number of nitrogens with one attached hydrogen (secondary N) is 4. The molecule has 456 valence electrons. The second-order valence-corrected chi connectivity index (χ2v) is 20.0. The Hall–Kier alpha value is -3.16. The van der Waals surface area contributed by atoms with Crippen molar-refractivity contribution in [3.8, 4) is 0 Å². The van der Waals surface area contributed by atoms with Crippen molar-refractivity contribution in [2.75, 3.05) is 40.1 Å². The zero-order valence-electron chi connectivity index (χ0n) is 43.8. The lowest BCUT2D eigenvalue weighted by Gasteiger charge is -2.51. The lowest BCUT2D eigenvalue weighted by Crippen LogP contribution is -2.72. The molecule has 0 spiro atoms. The molecule has 6 aliphatic heterocycles. The van der Waals surface area contributed by atoms with Gasteiger partial charge in [0.05, 0.1) is 45.2 Å². The van der Waals surface area contributed by atoms with Crippen molar-refractivity contribution >= 4 is 23.6 Å². The summed E-state index contributed by atoms with van der Waals surface area (Å²) in [6, 6.07) is -8.17. The Morgan fingerprint density at radius 1 is 0.418 bits per heavy atom. The standard InChI is InChI=1S/C45H77N5O29/c1-12-27(59)34(66)39(68-6)45(70-12)69-11-21-38(30(62)23(40(67)71-21)47-13(2)55)79-44-26(50-16(5)58)33(65)37(20(10-54)75-44)78-43-25(49-15(4)57)32(64)36(19(9-53)74-43)77-42-24(48-14(3)56)31(63)35(18(8-52)73-42)76-41-22(46)29(61)28(60)17(7-51)72-41/h12,17-45,51-54,59-67H,7-11,46H2,1-6H3,(H,47,55)(H,48,56)(H,49,57)(H,50,58)/t12?,17?,18?,19?,20?,21?,22?,23?,24?,25?,26?,27-,28-,29-,30-,31-,32-,33-,34?,35-,36-,37-,38-,39-,40-,41+,42+,43+,44+,45-/m1/s1. The second-order valence-electron chi connectivity index (χ2n) is 20.0. The van der Waals surface area contributed by atoms with Crippen LogP contribution in [0.2, 0.25) is 0 Å². The van der Waals surface area contributed by atoms with E-state index in [4.69, 9.17) is 62.6 Å². The fourth-order valence-electron chi connectivity index (χ4n) is 10.3. The summed E-state index contributed by atoms with van der Waals surface area (Å²) in [5, 5.41) is 152. The lowest BCUT2D eigenvalue weighted by atomic mass is 9.93. The van der Waals surface area contributed by atoms with Crippen LogP contribution < -0.4 is 27.0 Å². The number of hydrogen-bond acceptors (Lipinski definition) is 30. The molecule has 34 nitrogen and oxygen atoms in total. The van der Waals surface area contributed by atoms with Crippen molar-refractivity contribution in [1.82, 2.24) is 21.3 Å². The summed E-state index contributed by atoms with van der Waals surface area (Å²) in [5.74, 6) is -3.12. The van der Waals surface area contributed by atoms with Crippen LogP contribution in [0.5, 0.6) is 0 Å². The van der Waals surface area contributed by atoms with Crippen LogP contribution in [0.3, 0.4) is 0 Å². The number of methoxy groups -OCH3 is 1. The number of aliphatic hydroxyl groups is 13. The van der Waals surface area contributed by atoms with E-state index < -0.39 is 241 Å². The van der Waals surface area contributed by atoms with Gasteiger partial charge in [0, 0.05) is 34.8 Å². The first-order valence-electron chi connectivity index (χ1n) is 25.4. The largest absolute Gasteiger partial charge is 0.394 e. The average Bonchev–Trinajstić information content (AvgIpc) is 3.53. The summed E-state index contributed by atoms with van der Waals surface area (Å²) in [6.45, 7) is 1.30. The summed E-state index contributed by atoms with van der Waals surface area (Å²) in [7, 11) is 1.21. The molecule has 0 aromatic rings. The highest BCUT2D eigenvalue weighted by atomic mass is 16.8. The number of nitrogens with two attached hydrogens (primary N) is 1. The molecule has 0 aromatic carbocycles. The Bertz CT molecular complexity index is 1990. The van der Waals surface area contributed by atoms with Gasteiger partial charge in [-0.25, -0.2) is 0 Å². The molecule has 6 aliphatic rings. The predicted molar refractivity (Wildman–Crippen MR) is 251 cm³/mol. The average molecular weight is 1150 g/mol. The van der Waals surface area contributed by atoms with Crippen LogP contribution in [-0.2, 0) is 76.0 Å². The Balaban J connectivity index is 1.23. The highest BCUT2D eigenvalue weighted by Crippen LogP contribution is 2.36. The van der Waals surface area contributed by atoms with E-state index in [1.54, 1.807) is 0 Å². The van der Waals surface area contributed by atoms with Gasteiger partial charge in [0.2, 0.25) is 23.6 Å². The Labute approximate surface area is 451 Å². The Morgan fingerprint density at radius 2 is 0.772 bits per heavy atom. The van der Waals surface area contributed by atoms with E-state index in [0.29, 0.717) is 0 Å². The van der Waals surface area contributed by atoms with Gasteiger partial charge in [-0.3, -0.25) is 19.2 Å². The fourth-order valence-corrected chi connectivity index (χ4v) is 10.3. The van der Waals surface area contributed by atoms with Gasteiger partial charge in [0.15, 0.2) is 37.7 Å². The number of rotatable bonds is 20. The maximum atomic E-state index is 12.8. The second kappa shape index (κ2) is 28.4. The van der Waals surface area contributed by atoms with Crippen molar-refractivity contribution in [3.63, 3.8) is 0 Å². The van der Waals surface area contributed by atoms with Gasteiger partial charge < -0.3 is 150 Å². The number of amides is 4. The minimum atomic E-state index is -2.02. The van der Waals surface area contributed by atoms with E-state index in [1.807, 2.05) is 0 Å². The van der Waals surface area contributed by atoms with E-state index in [2.05, 4.69) is 21.3 Å². The zero-order chi connectivity index (χ0) is 58.5. The minimum absolute atomic E-state index is 0.627. The van der Waals surface area contributed by atoms with Gasteiger partial charge in [0.1, 0.15) is 134 Å². The Kier molecular flexibility index (Phi) is 23.4. The molecule has 6 heterocycles. The predicted octanol–water partition coefficient (Wildman–Crippen LogP) is -11.9. The van der Waals surface area contributed by atoms with Gasteiger partial charge >= 0.3 is 0 Å². The number of ether oxygens (including phenoxy) is 12. The molecular formula is C45H77N5O29. The van der Waals surface area contributed by atoms with Gasteiger partial charge in [-0.05, 0) is 6.92 Å². The van der Waals surface area contributed by atoms with E-state index in [1.165, 1.54) is 14.0 Å². The summed E-state index contributed by atoms with van der Waals surface area (Å²) < 4.78 is 70.6. The lowest BCUT2D eigenvalue weighted by molar-refractivity contribution is -0.368. The molecular weight excluding hydrogens is 1070 g/mol. The molecule has 12 unspecified atom stereocenters. The first-order chi connectivity index (χ1) is 37.3. The number of carbonyl (C=O) groups excluding carboxylic acids is 4. The molecule has 0 saturated carbocycles. The first-order valence-corrected chi connectivity index (χ1v) is 25.4. The monoisotopic (exact) mass is 1150 g/mol. The normalized spacial score (nSPS) is 46.7. The zero-order valence-corrected chi connectivity index (χ0v) is 43.8. The minimum Gasteiger partial charge on any atom is -0.394 e. The van der Waals surface area contributed by atoms with Crippen LogP contribution in [-0.4, -0.2) is 314 Å². The molecule has 19 N–H and O–H groups in total. The van der Waals surface area contributed by atoms with E-state index in [0.717, 1.165) is 27.7 Å². The summed E-state index contributed by atoms with van der Waals surface area (Å²) in [5.41, 5.74) is 6.04. The van der Waals surface area contributed by atoms with Crippen molar-refractivity contribution in [2.24, 2.45) is 5.73 Å². The third-order valence-electron chi connectivity index (χ3n) is 14.3. The molecule has 6 rings (SSSR count). The third-order valence-corrected chi connectivity index (χ3v) is 14.3. The van der Waals surface area contributed by atoms with Gasteiger partial charge in [-0.2, -0.15) is 0 Å². The van der Waals surface area contributed by atoms with Gasteiger partial charge in [-0.1, -0.05) is 0 Å². The van der Waals surface area contributed by atoms with Crippen molar-refractivity contribution in [2.45, 2.75) is 219 Å². The van der Waals surface area contributed by atoms with E-state index >= 15 is 0 Å². The summed E-state index contributed by atoms with van der Waals surface area (Å²) in [4.78, 5) is 50.3. The molecule has 30 atom stereocenters. The number of aliphatic hydroxyl groups excluding tert-OH is 13. The molecule has 6 saturated heterocycles. The highest BCUT2D eigenvalue weighted by Gasteiger charge is 2.58. The van der Waals surface area contributed by atoms with Crippen molar-refractivity contribution in [3.05, 3.63) is 0 Å². The maximum absolute atomic E-state index is 12.8. The fraction of sp³-hybridized carbons (Fsp3) is 0.911. The topological polar surface area (TPSA) is 516 Å². The number of carbonyl (C=O) groups is 4. The van der Waals surface area contributed by atoms with Crippen molar-refractivity contribution < 1.29 is 142 Å². The van der Waals surface area contributed by atoms with E-state index in [9.17, 15) is 85.6 Å². The molecule has 6 fully saturated rings. The van der Waals surface area contributed by atoms with Crippen LogP contribution in [0.4, 0.5) is 0 Å². The van der Waals surface area contributed by atoms with Crippen molar-refractivity contribution in [1.29, 1.82) is 0 Å². The van der Waals surface area contributed by atoms with E-state index in [-0.39, 0.29) is 0 Å².